The second-order valence-corrected chi connectivity index (χ2v) is 3.17. The molecule has 14 heavy (non-hydrogen) atoms. The highest BCUT2D eigenvalue weighted by Gasteiger charge is 2.02. The lowest BCUT2D eigenvalue weighted by molar-refractivity contribution is 0.0963. The first-order chi connectivity index (χ1) is 6.63. The molecule has 0 spiro atoms. The third-order valence-electron chi connectivity index (χ3n) is 1.55. The van der Waals surface area contributed by atoms with Crippen molar-refractivity contribution in [2.75, 3.05) is 11.8 Å². The van der Waals surface area contributed by atoms with Gasteiger partial charge < -0.3 is 14.6 Å². The highest BCUT2D eigenvalue weighted by molar-refractivity contribution is 7.80. The number of rotatable bonds is 3. The third kappa shape index (κ3) is 2.82. The van der Waals surface area contributed by atoms with Gasteiger partial charge in [-0.15, -0.1) is 0 Å². The number of anilines is 1. The van der Waals surface area contributed by atoms with Gasteiger partial charge >= 0.3 is 0 Å². The highest BCUT2D eigenvalue weighted by atomic mass is 32.2. The Hall–Kier alpha value is -1.40. The van der Waals surface area contributed by atoms with Gasteiger partial charge in [-0.1, -0.05) is 6.07 Å². The van der Waals surface area contributed by atoms with Gasteiger partial charge in [0.2, 0.25) is 0 Å². The molecule has 0 radical (unpaired) electrons. The standard InChI is InChI=1S/C8H10N2O3S/c1-9-8(11)6-3-2-4-7(5-6)10-14(12)13/h2-5,10H,1H3,(H,9,11)(H,12,13)/p-1. The summed E-state index contributed by atoms with van der Waals surface area (Å²) in [6, 6.07) is 6.20. The van der Waals surface area contributed by atoms with E-state index < -0.39 is 11.3 Å². The Labute approximate surface area is 83.9 Å². The molecule has 2 N–H and O–H groups in total. The number of benzene rings is 1. The van der Waals surface area contributed by atoms with E-state index in [0.717, 1.165) is 0 Å². The zero-order chi connectivity index (χ0) is 10.6. The van der Waals surface area contributed by atoms with Crippen LogP contribution in [0.5, 0.6) is 0 Å². The molecule has 5 nitrogen and oxygen atoms in total. The molecule has 0 aromatic heterocycles. The van der Waals surface area contributed by atoms with E-state index in [2.05, 4.69) is 10.0 Å². The number of hydrogen-bond donors (Lipinski definition) is 2. The Morgan fingerprint density at radius 1 is 1.50 bits per heavy atom. The zero-order valence-electron chi connectivity index (χ0n) is 7.44. The number of nitrogens with one attached hydrogen (secondary N) is 2. The van der Waals surface area contributed by atoms with E-state index >= 15 is 0 Å². The van der Waals surface area contributed by atoms with Gasteiger partial charge in [0.25, 0.3) is 5.91 Å². The van der Waals surface area contributed by atoms with Crippen molar-refractivity contribution in [2.45, 2.75) is 0 Å². The number of carbonyl (C=O) groups is 1. The van der Waals surface area contributed by atoms with Crippen molar-refractivity contribution in [3.8, 4) is 0 Å². The Morgan fingerprint density at radius 2 is 2.21 bits per heavy atom. The van der Waals surface area contributed by atoms with Crippen molar-refractivity contribution in [1.29, 1.82) is 0 Å². The lowest BCUT2D eigenvalue weighted by Gasteiger charge is -2.09. The average molecular weight is 213 g/mol. The van der Waals surface area contributed by atoms with E-state index in [1.165, 1.54) is 13.1 Å². The van der Waals surface area contributed by atoms with E-state index in [1.807, 2.05) is 0 Å². The highest BCUT2D eigenvalue weighted by Crippen LogP contribution is 2.10. The average Bonchev–Trinajstić information content (AvgIpc) is 2.16. The van der Waals surface area contributed by atoms with Crippen LogP contribution in [0.3, 0.4) is 0 Å². The first kappa shape index (κ1) is 10.7. The first-order valence-corrected chi connectivity index (χ1v) is 4.89. The van der Waals surface area contributed by atoms with E-state index in [0.29, 0.717) is 11.3 Å². The maximum Gasteiger partial charge on any atom is 0.251 e. The van der Waals surface area contributed by atoms with Gasteiger partial charge in [0.05, 0.1) is 0 Å². The summed E-state index contributed by atoms with van der Waals surface area (Å²) in [6.45, 7) is 0. The normalized spacial score (nSPS) is 11.9. The summed E-state index contributed by atoms with van der Waals surface area (Å²) in [4.78, 5) is 11.2. The van der Waals surface area contributed by atoms with Crippen molar-refractivity contribution >= 4 is 22.9 Å². The molecule has 1 aromatic rings. The minimum Gasteiger partial charge on any atom is -0.755 e. The molecular formula is C8H9N2O3S-. The van der Waals surface area contributed by atoms with Gasteiger partial charge in [0.15, 0.2) is 0 Å². The van der Waals surface area contributed by atoms with Crippen LogP contribution in [0.25, 0.3) is 0 Å². The Morgan fingerprint density at radius 3 is 2.79 bits per heavy atom. The van der Waals surface area contributed by atoms with Crippen LogP contribution in [-0.4, -0.2) is 21.7 Å². The zero-order valence-corrected chi connectivity index (χ0v) is 8.26. The minimum absolute atomic E-state index is 0.259. The summed E-state index contributed by atoms with van der Waals surface area (Å²) < 4.78 is 22.8. The lowest BCUT2D eigenvalue weighted by atomic mass is 10.2. The van der Waals surface area contributed by atoms with Gasteiger partial charge in [-0.3, -0.25) is 9.00 Å². The van der Waals surface area contributed by atoms with Gasteiger partial charge in [-0.05, 0) is 18.2 Å². The third-order valence-corrected chi connectivity index (χ3v) is 1.96. The van der Waals surface area contributed by atoms with E-state index in [9.17, 15) is 13.6 Å². The van der Waals surface area contributed by atoms with Gasteiger partial charge in [-0.2, -0.15) is 0 Å². The molecule has 0 aliphatic carbocycles. The largest absolute Gasteiger partial charge is 0.755 e. The molecule has 0 bridgehead atoms. The maximum absolute atomic E-state index is 11.2. The molecule has 0 fully saturated rings. The van der Waals surface area contributed by atoms with E-state index in [-0.39, 0.29) is 5.91 Å². The fourth-order valence-corrected chi connectivity index (χ4v) is 1.28. The summed E-state index contributed by atoms with van der Waals surface area (Å²) in [7, 11) is 1.51. The molecule has 1 aromatic carbocycles. The van der Waals surface area contributed by atoms with Crippen LogP contribution in [0.4, 0.5) is 5.69 Å². The molecule has 76 valence electrons. The van der Waals surface area contributed by atoms with E-state index in [4.69, 9.17) is 0 Å². The molecule has 0 saturated carbocycles. The van der Waals surface area contributed by atoms with Crippen molar-refractivity contribution in [1.82, 2.24) is 5.32 Å². The van der Waals surface area contributed by atoms with Crippen LogP contribution in [0, 0.1) is 0 Å². The number of hydrogen-bond acceptors (Lipinski definition) is 3. The predicted octanol–water partition coefficient (Wildman–Crippen LogP) is 0.252. The lowest BCUT2D eigenvalue weighted by Crippen LogP contribution is -2.17. The molecule has 1 atom stereocenters. The molecule has 6 heteroatoms. The van der Waals surface area contributed by atoms with Crippen LogP contribution >= 0.6 is 0 Å². The van der Waals surface area contributed by atoms with Gasteiger partial charge in [-0.25, -0.2) is 0 Å². The minimum atomic E-state index is -2.37. The smallest absolute Gasteiger partial charge is 0.251 e. The Balaban J connectivity index is 2.89. The topological polar surface area (TPSA) is 81.3 Å². The van der Waals surface area contributed by atoms with E-state index in [1.54, 1.807) is 18.2 Å². The van der Waals surface area contributed by atoms with Crippen molar-refractivity contribution < 1.29 is 13.6 Å². The molecule has 0 heterocycles. The summed E-state index contributed by atoms with van der Waals surface area (Å²) in [5.74, 6) is -0.259. The second kappa shape index (κ2) is 4.73. The molecule has 0 saturated heterocycles. The maximum atomic E-state index is 11.2. The fraction of sp³-hybridized carbons (Fsp3) is 0.125. The SMILES string of the molecule is CNC(=O)c1cccc(NS(=O)[O-])c1. The van der Waals surface area contributed by atoms with Crippen LogP contribution in [0.1, 0.15) is 10.4 Å². The first-order valence-electron chi connectivity index (χ1n) is 3.81. The van der Waals surface area contributed by atoms with Gasteiger partial charge in [0, 0.05) is 29.6 Å². The van der Waals surface area contributed by atoms with Crippen LogP contribution in [-0.2, 0) is 11.3 Å². The Kier molecular flexibility index (Phi) is 3.61. The molecule has 0 aliphatic rings. The summed E-state index contributed by atoms with van der Waals surface area (Å²) in [5.41, 5.74) is 0.766. The molecular weight excluding hydrogens is 204 g/mol. The van der Waals surface area contributed by atoms with Gasteiger partial charge in [0.1, 0.15) is 0 Å². The monoisotopic (exact) mass is 213 g/mol. The number of carbonyl (C=O) groups excluding carboxylic acids is 1. The Bertz CT molecular complexity index is 367. The molecule has 1 rings (SSSR count). The summed E-state index contributed by atoms with van der Waals surface area (Å²) in [6.07, 6.45) is 0. The summed E-state index contributed by atoms with van der Waals surface area (Å²) in [5, 5.41) is 2.44. The predicted molar refractivity (Wildman–Crippen MR) is 52.4 cm³/mol. The second-order valence-electron chi connectivity index (χ2n) is 2.50. The van der Waals surface area contributed by atoms with Crippen LogP contribution < -0.4 is 10.0 Å². The quantitative estimate of drug-likeness (QED) is 0.706. The molecule has 1 unspecified atom stereocenters. The van der Waals surface area contributed by atoms with Crippen LogP contribution in [0.15, 0.2) is 24.3 Å². The van der Waals surface area contributed by atoms with Crippen molar-refractivity contribution in [3.05, 3.63) is 29.8 Å². The van der Waals surface area contributed by atoms with Crippen LogP contribution in [0.2, 0.25) is 0 Å². The number of amides is 1. The fourth-order valence-electron chi connectivity index (χ4n) is 0.964. The van der Waals surface area contributed by atoms with Crippen molar-refractivity contribution in [2.24, 2.45) is 0 Å². The van der Waals surface area contributed by atoms with Crippen molar-refractivity contribution in [3.63, 3.8) is 0 Å². The molecule has 1 amide bonds. The summed E-state index contributed by atoms with van der Waals surface area (Å²) >= 11 is -2.37. The molecule has 0 aliphatic heterocycles.